The van der Waals surface area contributed by atoms with Gasteiger partial charge in [0, 0.05) is 7.05 Å². The molecule has 0 aliphatic rings. The molecule has 2 aromatic rings. The van der Waals surface area contributed by atoms with Gasteiger partial charge in [-0.05, 0) is 5.56 Å². The quantitative estimate of drug-likeness (QED) is 0.835. The highest BCUT2D eigenvalue weighted by atomic mass is 16.1. The van der Waals surface area contributed by atoms with Gasteiger partial charge in [0.25, 0.3) is 0 Å². The van der Waals surface area contributed by atoms with Crippen molar-refractivity contribution < 1.29 is 4.79 Å². The zero-order valence-electron chi connectivity index (χ0n) is 9.58. The first-order chi connectivity index (χ1) is 8.18. The summed E-state index contributed by atoms with van der Waals surface area (Å²) in [6.45, 7) is 0. The molecule has 0 unspecified atom stereocenters. The Morgan fingerprint density at radius 1 is 1.41 bits per heavy atom. The number of hydrogen-bond donors (Lipinski definition) is 1. The Morgan fingerprint density at radius 3 is 2.71 bits per heavy atom. The zero-order valence-corrected chi connectivity index (χ0v) is 9.58. The van der Waals surface area contributed by atoms with Crippen LogP contribution in [0.25, 0.3) is 0 Å². The highest BCUT2D eigenvalue weighted by Gasteiger charge is 2.17. The lowest BCUT2D eigenvalue weighted by Crippen LogP contribution is -2.24. The van der Waals surface area contributed by atoms with Gasteiger partial charge in [-0.15, -0.1) is 0 Å². The molecule has 1 heterocycles. The highest BCUT2D eigenvalue weighted by Crippen LogP contribution is 2.12. The first-order valence-electron chi connectivity index (χ1n) is 5.34. The van der Waals surface area contributed by atoms with E-state index in [1.807, 2.05) is 30.3 Å². The first kappa shape index (κ1) is 11.5. The van der Waals surface area contributed by atoms with E-state index in [-0.39, 0.29) is 12.2 Å². The van der Waals surface area contributed by atoms with Gasteiger partial charge in [0.1, 0.15) is 12.2 Å². The number of Topliss-reactive ketones (excluding diaryl/α,β-unsaturated/α-hetero) is 1. The van der Waals surface area contributed by atoms with Crippen LogP contribution in [0.1, 0.15) is 17.4 Å². The standard InChI is InChI=1S/C12H14N4O/c1-16-11(14-8-15-16)7-10(17)12(13)9-5-3-2-4-6-9/h2-6,8,12H,7,13H2,1H3/t12-/m1/s1. The van der Waals surface area contributed by atoms with E-state index in [4.69, 9.17) is 5.73 Å². The van der Waals surface area contributed by atoms with Gasteiger partial charge in [0.2, 0.25) is 0 Å². The molecule has 0 saturated heterocycles. The molecule has 1 atom stereocenters. The third-order valence-corrected chi connectivity index (χ3v) is 2.64. The third kappa shape index (κ3) is 2.57. The molecular weight excluding hydrogens is 216 g/mol. The van der Waals surface area contributed by atoms with Crippen LogP contribution in [0.5, 0.6) is 0 Å². The molecule has 0 aliphatic carbocycles. The number of carbonyl (C=O) groups is 1. The second-order valence-electron chi connectivity index (χ2n) is 3.83. The molecule has 0 fully saturated rings. The van der Waals surface area contributed by atoms with E-state index >= 15 is 0 Å². The lowest BCUT2D eigenvalue weighted by Gasteiger charge is -2.10. The van der Waals surface area contributed by atoms with Gasteiger partial charge in [-0.25, -0.2) is 4.98 Å². The van der Waals surface area contributed by atoms with Crippen LogP contribution in [-0.2, 0) is 18.3 Å². The number of nitrogens with zero attached hydrogens (tertiary/aromatic N) is 3. The summed E-state index contributed by atoms with van der Waals surface area (Å²) < 4.78 is 1.58. The smallest absolute Gasteiger partial charge is 0.161 e. The molecule has 0 saturated carbocycles. The van der Waals surface area contributed by atoms with E-state index in [0.717, 1.165) is 5.56 Å². The minimum atomic E-state index is -0.604. The Balaban J connectivity index is 2.09. The molecule has 0 spiro atoms. The molecule has 2 N–H and O–H groups in total. The lowest BCUT2D eigenvalue weighted by molar-refractivity contribution is -0.119. The minimum absolute atomic E-state index is 0.0627. The molecule has 0 aliphatic heterocycles. The summed E-state index contributed by atoms with van der Waals surface area (Å²) >= 11 is 0. The van der Waals surface area contributed by atoms with E-state index in [0.29, 0.717) is 5.82 Å². The highest BCUT2D eigenvalue weighted by molar-refractivity contribution is 5.86. The molecule has 17 heavy (non-hydrogen) atoms. The fourth-order valence-electron chi connectivity index (χ4n) is 1.59. The van der Waals surface area contributed by atoms with Crippen molar-refractivity contribution in [2.75, 3.05) is 0 Å². The fraction of sp³-hybridized carbons (Fsp3) is 0.250. The molecule has 5 nitrogen and oxygen atoms in total. The third-order valence-electron chi connectivity index (χ3n) is 2.64. The number of rotatable bonds is 4. The predicted molar refractivity (Wildman–Crippen MR) is 63.1 cm³/mol. The maximum absolute atomic E-state index is 12.0. The molecule has 0 radical (unpaired) electrons. The van der Waals surface area contributed by atoms with E-state index < -0.39 is 6.04 Å². The summed E-state index contributed by atoms with van der Waals surface area (Å²) in [6, 6.07) is 8.71. The van der Waals surface area contributed by atoms with Gasteiger partial charge in [-0.1, -0.05) is 30.3 Å². The topological polar surface area (TPSA) is 73.8 Å². The van der Waals surface area contributed by atoms with Crippen molar-refractivity contribution in [3.05, 3.63) is 48.0 Å². The molecule has 0 amide bonds. The molecule has 0 bridgehead atoms. The summed E-state index contributed by atoms with van der Waals surface area (Å²) in [5, 5.41) is 3.91. The number of benzene rings is 1. The monoisotopic (exact) mass is 230 g/mol. The summed E-state index contributed by atoms with van der Waals surface area (Å²) in [4.78, 5) is 16.0. The van der Waals surface area contributed by atoms with Crippen LogP contribution in [-0.4, -0.2) is 20.5 Å². The fourth-order valence-corrected chi connectivity index (χ4v) is 1.59. The van der Waals surface area contributed by atoms with Crippen LogP contribution in [0.3, 0.4) is 0 Å². The Bertz CT molecular complexity index is 506. The summed E-state index contributed by atoms with van der Waals surface area (Å²) in [6.07, 6.45) is 1.63. The average Bonchev–Trinajstić information content (AvgIpc) is 2.75. The molecule has 1 aromatic carbocycles. The Morgan fingerprint density at radius 2 is 2.12 bits per heavy atom. The maximum Gasteiger partial charge on any atom is 0.161 e. The zero-order chi connectivity index (χ0) is 12.3. The number of aryl methyl sites for hydroxylation is 1. The van der Waals surface area contributed by atoms with Gasteiger partial charge in [0.15, 0.2) is 5.78 Å². The van der Waals surface area contributed by atoms with Crippen molar-refractivity contribution >= 4 is 5.78 Å². The number of hydrogen-bond acceptors (Lipinski definition) is 4. The van der Waals surface area contributed by atoms with E-state index in [9.17, 15) is 4.79 Å². The van der Waals surface area contributed by atoms with Gasteiger partial charge < -0.3 is 5.73 Å². The second-order valence-corrected chi connectivity index (χ2v) is 3.83. The number of nitrogens with two attached hydrogens (primary N) is 1. The van der Waals surface area contributed by atoms with Gasteiger partial charge in [-0.3, -0.25) is 9.48 Å². The lowest BCUT2D eigenvalue weighted by atomic mass is 10.0. The SMILES string of the molecule is Cn1ncnc1CC(=O)[C@H](N)c1ccccc1. The van der Waals surface area contributed by atoms with Crippen LogP contribution in [0.2, 0.25) is 0 Å². The van der Waals surface area contributed by atoms with Crippen LogP contribution in [0, 0.1) is 0 Å². The Labute approximate surface area is 99.3 Å². The molecule has 88 valence electrons. The minimum Gasteiger partial charge on any atom is -0.318 e. The van der Waals surface area contributed by atoms with Gasteiger partial charge >= 0.3 is 0 Å². The van der Waals surface area contributed by atoms with Crippen LogP contribution < -0.4 is 5.73 Å². The van der Waals surface area contributed by atoms with Crippen LogP contribution >= 0.6 is 0 Å². The largest absolute Gasteiger partial charge is 0.318 e. The summed E-state index contributed by atoms with van der Waals surface area (Å²) in [7, 11) is 1.75. The van der Waals surface area contributed by atoms with Crippen molar-refractivity contribution in [3.63, 3.8) is 0 Å². The number of aromatic nitrogens is 3. The van der Waals surface area contributed by atoms with Crippen molar-refractivity contribution in [1.29, 1.82) is 0 Å². The molecule has 5 heteroatoms. The normalized spacial score (nSPS) is 12.4. The Kier molecular flexibility index (Phi) is 3.30. The predicted octanol–water partition coefficient (Wildman–Crippen LogP) is 0.627. The van der Waals surface area contributed by atoms with E-state index in [2.05, 4.69) is 10.1 Å². The Hall–Kier alpha value is -2.01. The van der Waals surface area contributed by atoms with E-state index in [1.54, 1.807) is 11.7 Å². The van der Waals surface area contributed by atoms with E-state index in [1.165, 1.54) is 6.33 Å². The molecule has 1 aromatic heterocycles. The summed E-state index contributed by atoms with van der Waals surface area (Å²) in [5.41, 5.74) is 6.72. The number of carbonyl (C=O) groups excluding carboxylic acids is 1. The van der Waals surface area contributed by atoms with Crippen LogP contribution in [0.4, 0.5) is 0 Å². The van der Waals surface area contributed by atoms with Crippen molar-refractivity contribution in [2.24, 2.45) is 12.8 Å². The second kappa shape index (κ2) is 4.88. The van der Waals surface area contributed by atoms with Gasteiger partial charge in [-0.2, -0.15) is 5.10 Å². The van der Waals surface area contributed by atoms with Gasteiger partial charge in [0.05, 0.1) is 12.5 Å². The van der Waals surface area contributed by atoms with Crippen LogP contribution in [0.15, 0.2) is 36.7 Å². The first-order valence-corrected chi connectivity index (χ1v) is 5.34. The average molecular weight is 230 g/mol. The summed E-state index contributed by atoms with van der Waals surface area (Å²) in [5.74, 6) is 0.564. The number of ketones is 1. The maximum atomic E-state index is 12.0. The molecular formula is C12H14N4O. The van der Waals surface area contributed by atoms with Crippen molar-refractivity contribution in [1.82, 2.24) is 14.8 Å². The van der Waals surface area contributed by atoms with Crippen molar-refractivity contribution in [3.8, 4) is 0 Å². The van der Waals surface area contributed by atoms with Crippen molar-refractivity contribution in [2.45, 2.75) is 12.5 Å². The molecule has 2 rings (SSSR count).